The number of amides is 1. The van der Waals surface area contributed by atoms with Crippen LogP contribution in [0.1, 0.15) is 17.4 Å². The van der Waals surface area contributed by atoms with Gasteiger partial charge < -0.3 is 15.0 Å². The molecule has 0 aliphatic carbocycles. The molecule has 2 rings (SSSR count). The minimum atomic E-state index is -1.09. The van der Waals surface area contributed by atoms with Crippen molar-refractivity contribution in [3.63, 3.8) is 0 Å². The summed E-state index contributed by atoms with van der Waals surface area (Å²) < 4.78 is 4.96. The fourth-order valence-electron chi connectivity index (χ4n) is 1.69. The quantitative estimate of drug-likeness (QED) is 0.494. The van der Waals surface area contributed by atoms with Crippen molar-refractivity contribution >= 4 is 34.9 Å². The first kappa shape index (κ1) is 16.5. The molecule has 0 bridgehead atoms. The number of esters is 1. The number of carbonyl (C=O) groups is 2. The molecule has 0 unspecified atom stereocenters. The third-order valence-electron chi connectivity index (χ3n) is 2.84. The smallest absolute Gasteiger partial charge is 0.355 e. The van der Waals surface area contributed by atoms with Gasteiger partial charge >= 0.3 is 5.97 Å². The van der Waals surface area contributed by atoms with Crippen molar-refractivity contribution < 1.29 is 19.2 Å². The number of H-pyrrole nitrogens is 1. The number of nitro groups is 1. The molecule has 23 heavy (non-hydrogen) atoms. The number of carbonyl (C=O) groups excluding carboxylic acids is 2. The molecule has 0 aliphatic heterocycles. The van der Waals surface area contributed by atoms with E-state index >= 15 is 0 Å². The number of anilines is 1. The van der Waals surface area contributed by atoms with Crippen LogP contribution in [0.15, 0.2) is 36.5 Å². The van der Waals surface area contributed by atoms with E-state index in [0.717, 1.165) is 12.3 Å². The molecule has 1 aromatic heterocycles. The maximum absolute atomic E-state index is 12.0. The average Bonchev–Trinajstić information content (AvgIpc) is 2.97. The zero-order valence-corrected chi connectivity index (χ0v) is 12.7. The van der Waals surface area contributed by atoms with Crippen molar-refractivity contribution in [2.75, 3.05) is 5.32 Å². The largest absolute Gasteiger partial charge is 0.448 e. The van der Waals surface area contributed by atoms with Crippen LogP contribution in [0.5, 0.6) is 0 Å². The lowest BCUT2D eigenvalue weighted by molar-refractivity contribution is -0.384. The molecule has 8 nitrogen and oxygen atoms in total. The summed E-state index contributed by atoms with van der Waals surface area (Å²) in [6.07, 6.45) is -0.0309. The second-order valence-electron chi connectivity index (χ2n) is 4.58. The third kappa shape index (κ3) is 4.30. The van der Waals surface area contributed by atoms with Gasteiger partial charge in [0.1, 0.15) is 5.69 Å². The second-order valence-corrected chi connectivity index (χ2v) is 5.01. The first-order chi connectivity index (χ1) is 10.9. The van der Waals surface area contributed by atoms with E-state index in [4.69, 9.17) is 16.3 Å². The van der Waals surface area contributed by atoms with Gasteiger partial charge in [0.05, 0.1) is 11.1 Å². The van der Waals surface area contributed by atoms with Crippen molar-refractivity contribution in [1.29, 1.82) is 0 Å². The predicted molar refractivity (Wildman–Crippen MR) is 82.4 cm³/mol. The maximum Gasteiger partial charge on any atom is 0.355 e. The van der Waals surface area contributed by atoms with Crippen LogP contribution in [0.2, 0.25) is 5.02 Å². The van der Waals surface area contributed by atoms with E-state index in [0.29, 0.717) is 10.7 Å². The fourth-order valence-corrected chi connectivity index (χ4v) is 1.88. The standard InChI is InChI=1S/C14H12ClN3O5/c1-8(13(19)17-10-4-2-3-9(15)5-10)23-14(20)12-6-11(7-16-12)18(21)22/h2-8,16H,1H3,(H,17,19)/t8-/m1/s1. The summed E-state index contributed by atoms with van der Waals surface area (Å²) in [5.41, 5.74) is 0.0769. The predicted octanol–water partition coefficient (Wildman–Crippen LogP) is 2.76. The molecule has 1 amide bonds. The Morgan fingerprint density at radius 3 is 2.74 bits per heavy atom. The summed E-state index contributed by atoms with van der Waals surface area (Å²) in [5.74, 6) is -1.42. The van der Waals surface area contributed by atoms with Crippen LogP contribution in [0, 0.1) is 10.1 Å². The lowest BCUT2D eigenvalue weighted by atomic mass is 10.3. The molecule has 0 spiro atoms. The second kappa shape index (κ2) is 6.93. The maximum atomic E-state index is 12.0. The van der Waals surface area contributed by atoms with E-state index in [2.05, 4.69) is 10.3 Å². The zero-order chi connectivity index (χ0) is 17.0. The number of ether oxygens (including phenoxy) is 1. The van der Waals surface area contributed by atoms with Crippen molar-refractivity contribution in [1.82, 2.24) is 4.98 Å². The van der Waals surface area contributed by atoms with Crippen molar-refractivity contribution in [3.05, 3.63) is 57.4 Å². The van der Waals surface area contributed by atoms with Crippen LogP contribution in [0.4, 0.5) is 11.4 Å². The topological polar surface area (TPSA) is 114 Å². The van der Waals surface area contributed by atoms with E-state index in [1.54, 1.807) is 24.3 Å². The number of aromatic nitrogens is 1. The number of benzene rings is 1. The minimum Gasteiger partial charge on any atom is -0.448 e. The van der Waals surface area contributed by atoms with E-state index in [-0.39, 0.29) is 11.4 Å². The zero-order valence-electron chi connectivity index (χ0n) is 11.9. The summed E-state index contributed by atoms with van der Waals surface area (Å²) >= 11 is 5.80. The van der Waals surface area contributed by atoms with Gasteiger partial charge in [-0.1, -0.05) is 17.7 Å². The Hall–Kier alpha value is -2.87. The Labute approximate surface area is 135 Å². The molecule has 0 aliphatic rings. The summed E-state index contributed by atoms with van der Waals surface area (Å²) in [6.45, 7) is 1.38. The molecule has 2 aromatic rings. The van der Waals surface area contributed by atoms with Crippen LogP contribution in [-0.2, 0) is 9.53 Å². The van der Waals surface area contributed by atoms with Crippen LogP contribution < -0.4 is 5.32 Å². The highest BCUT2D eigenvalue weighted by Crippen LogP contribution is 2.16. The Kier molecular flexibility index (Phi) is 4.97. The van der Waals surface area contributed by atoms with Gasteiger partial charge in [-0.05, 0) is 25.1 Å². The molecular formula is C14H12ClN3O5. The van der Waals surface area contributed by atoms with Gasteiger partial charge in [-0.25, -0.2) is 4.79 Å². The van der Waals surface area contributed by atoms with E-state index in [1.165, 1.54) is 6.92 Å². The molecule has 0 saturated heterocycles. The fraction of sp³-hybridized carbons (Fsp3) is 0.143. The number of hydrogen-bond acceptors (Lipinski definition) is 5. The van der Waals surface area contributed by atoms with E-state index in [1.807, 2.05) is 0 Å². The lowest BCUT2D eigenvalue weighted by Crippen LogP contribution is -2.30. The number of halogens is 1. The molecular weight excluding hydrogens is 326 g/mol. The van der Waals surface area contributed by atoms with E-state index in [9.17, 15) is 19.7 Å². The number of nitrogens with one attached hydrogen (secondary N) is 2. The molecule has 2 N–H and O–H groups in total. The van der Waals surface area contributed by atoms with Crippen LogP contribution >= 0.6 is 11.6 Å². The highest BCUT2D eigenvalue weighted by Gasteiger charge is 2.21. The minimum absolute atomic E-state index is 0.112. The molecule has 1 heterocycles. The molecule has 0 fully saturated rings. The Bertz CT molecular complexity index is 758. The normalized spacial score (nSPS) is 11.6. The SMILES string of the molecule is C[C@@H](OC(=O)c1cc([N+](=O)[O-])c[nH]1)C(=O)Nc1cccc(Cl)c1. The van der Waals surface area contributed by atoms with Gasteiger partial charge in [0.2, 0.25) is 0 Å². The van der Waals surface area contributed by atoms with Crippen molar-refractivity contribution in [2.45, 2.75) is 13.0 Å². The Morgan fingerprint density at radius 1 is 1.39 bits per heavy atom. The number of rotatable bonds is 5. The van der Waals surface area contributed by atoms with Crippen molar-refractivity contribution in [2.24, 2.45) is 0 Å². The third-order valence-corrected chi connectivity index (χ3v) is 3.08. The molecule has 1 atom stereocenters. The van der Waals surface area contributed by atoms with Gasteiger partial charge in [0, 0.05) is 16.8 Å². The van der Waals surface area contributed by atoms with E-state index < -0.39 is 22.9 Å². The number of nitrogens with zero attached hydrogens (tertiary/aromatic N) is 1. The molecule has 0 saturated carbocycles. The number of aromatic amines is 1. The summed E-state index contributed by atoms with van der Waals surface area (Å²) in [4.78, 5) is 36.1. The highest BCUT2D eigenvalue weighted by molar-refractivity contribution is 6.30. The monoisotopic (exact) mass is 337 g/mol. The molecule has 0 radical (unpaired) electrons. The summed E-state index contributed by atoms with van der Waals surface area (Å²) in [5, 5.41) is 13.6. The Morgan fingerprint density at radius 2 is 2.13 bits per heavy atom. The first-order valence-electron chi connectivity index (χ1n) is 6.47. The molecule has 120 valence electrons. The van der Waals surface area contributed by atoms with Gasteiger partial charge in [-0.2, -0.15) is 0 Å². The Balaban J connectivity index is 1.97. The van der Waals surface area contributed by atoms with Gasteiger partial charge in [-0.3, -0.25) is 14.9 Å². The molecule has 1 aromatic carbocycles. The first-order valence-corrected chi connectivity index (χ1v) is 6.85. The van der Waals surface area contributed by atoms with Crippen LogP contribution in [-0.4, -0.2) is 27.9 Å². The summed E-state index contributed by atoms with van der Waals surface area (Å²) in [6, 6.07) is 7.52. The highest BCUT2D eigenvalue weighted by atomic mass is 35.5. The molecule has 9 heteroatoms. The van der Waals surface area contributed by atoms with Crippen molar-refractivity contribution in [3.8, 4) is 0 Å². The van der Waals surface area contributed by atoms with Gasteiger partial charge in [-0.15, -0.1) is 0 Å². The van der Waals surface area contributed by atoms with Crippen LogP contribution in [0.3, 0.4) is 0 Å². The van der Waals surface area contributed by atoms with Crippen LogP contribution in [0.25, 0.3) is 0 Å². The summed E-state index contributed by atoms with van der Waals surface area (Å²) in [7, 11) is 0. The average molecular weight is 338 g/mol. The number of hydrogen-bond donors (Lipinski definition) is 2. The van der Waals surface area contributed by atoms with Gasteiger partial charge in [0.25, 0.3) is 11.6 Å². The van der Waals surface area contributed by atoms with Gasteiger partial charge in [0.15, 0.2) is 6.10 Å². The lowest BCUT2D eigenvalue weighted by Gasteiger charge is -2.13.